The first-order valence-electron chi connectivity index (χ1n) is 10.7. The van der Waals surface area contributed by atoms with Crippen molar-refractivity contribution in [1.82, 2.24) is 4.90 Å². The van der Waals surface area contributed by atoms with E-state index in [0.29, 0.717) is 24.3 Å². The van der Waals surface area contributed by atoms with E-state index < -0.39 is 0 Å². The number of unbranched alkanes of at least 4 members (excludes halogenated alkanes) is 1. The summed E-state index contributed by atoms with van der Waals surface area (Å²) in [6.07, 6.45) is 7.80. The van der Waals surface area contributed by atoms with E-state index in [2.05, 4.69) is 30.2 Å². The van der Waals surface area contributed by atoms with E-state index in [4.69, 9.17) is 19.3 Å². The minimum Gasteiger partial charge on any atom is -0.482 e. The van der Waals surface area contributed by atoms with Gasteiger partial charge in [0.1, 0.15) is 12.2 Å². The molecule has 29 heavy (non-hydrogen) atoms. The normalized spacial score (nSPS) is 33.9. The van der Waals surface area contributed by atoms with Gasteiger partial charge in [0.25, 0.3) is 0 Å². The fourth-order valence-electron chi connectivity index (χ4n) is 6.02. The third-order valence-corrected chi connectivity index (χ3v) is 7.23. The number of benzene rings is 1. The molecule has 1 N–H and O–H groups in total. The Hall–Kier alpha value is -1.89. The van der Waals surface area contributed by atoms with E-state index in [-0.39, 0.29) is 30.2 Å². The number of hydrogen-bond donors (Lipinski definition) is 1. The lowest BCUT2D eigenvalue weighted by molar-refractivity contribution is -0.132. The van der Waals surface area contributed by atoms with Gasteiger partial charge in [0, 0.05) is 43.1 Å². The van der Waals surface area contributed by atoms with Gasteiger partial charge in [-0.05, 0) is 50.9 Å². The number of likely N-dealkylation sites (tertiary alicyclic amines) is 1. The molecule has 0 radical (unpaired) electrons. The van der Waals surface area contributed by atoms with Crippen LogP contribution in [0.25, 0.3) is 0 Å². The number of piperidine rings is 1. The van der Waals surface area contributed by atoms with Gasteiger partial charge >= 0.3 is 5.97 Å². The van der Waals surface area contributed by atoms with E-state index >= 15 is 0 Å². The van der Waals surface area contributed by atoms with E-state index in [9.17, 15) is 4.79 Å². The van der Waals surface area contributed by atoms with Gasteiger partial charge in [0.2, 0.25) is 0 Å². The molecule has 5 atom stereocenters. The number of carbonyl (C=O) groups is 1. The summed E-state index contributed by atoms with van der Waals surface area (Å²) in [5.74, 6) is 1.30. The molecule has 5 rings (SSSR count). The summed E-state index contributed by atoms with van der Waals surface area (Å²) in [7, 11) is 2.22. The Kier molecular flexibility index (Phi) is 4.68. The zero-order chi connectivity index (χ0) is 20.2. The predicted molar refractivity (Wildman–Crippen MR) is 107 cm³/mol. The summed E-state index contributed by atoms with van der Waals surface area (Å²) in [5, 5.41) is 9.05. The molecular weight excluding hydrogens is 370 g/mol. The van der Waals surface area contributed by atoms with Crippen LogP contribution in [0.15, 0.2) is 24.3 Å². The maximum absolute atomic E-state index is 11.7. The molecule has 1 fully saturated rings. The average molecular weight is 399 g/mol. The third kappa shape index (κ3) is 2.76. The Balaban J connectivity index is 1.57. The summed E-state index contributed by atoms with van der Waals surface area (Å²) < 4.78 is 18.3. The molecular formula is C23H29NO5. The smallest absolute Gasteiger partial charge is 0.308 e. The Bertz CT molecular complexity index is 852. The van der Waals surface area contributed by atoms with E-state index in [1.807, 2.05) is 6.07 Å². The van der Waals surface area contributed by atoms with Crippen molar-refractivity contribution in [2.75, 3.05) is 26.8 Å². The maximum atomic E-state index is 11.7. The van der Waals surface area contributed by atoms with Gasteiger partial charge in [-0.15, -0.1) is 0 Å². The van der Waals surface area contributed by atoms with Gasteiger partial charge < -0.3 is 24.2 Å². The molecule has 0 amide bonds. The molecule has 2 aliphatic carbocycles. The summed E-state index contributed by atoms with van der Waals surface area (Å²) in [5.41, 5.74) is 2.41. The molecule has 0 aromatic heterocycles. The van der Waals surface area contributed by atoms with Crippen molar-refractivity contribution in [3.05, 3.63) is 35.4 Å². The minimum atomic E-state index is -0.333. The van der Waals surface area contributed by atoms with Crippen LogP contribution in [-0.2, 0) is 21.4 Å². The highest BCUT2D eigenvalue weighted by atomic mass is 16.6. The van der Waals surface area contributed by atoms with Gasteiger partial charge in [0.05, 0.1) is 0 Å². The fraction of sp³-hybridized carbons (Fsp3) is 0.609. The molecule has 0 unspecified atom stereocenters. The molecule has 2 bridgehead atoms. The second-order valence-electron chi connectivity index (χ2n) is 8.78. The summed E-state index contributed by atoms with van der Waals surface area (Å²) >= 11 is 0. The zero-order valence-corrected chi connectivity index (χ0v) is 17.1. The fourth-order valence-corrected chi connectivity index (χ4v) is 6.02. The number of carbonyl (C=O) groups excluding carboxylic acids is 1. The van der Waals surface area contributed by atoms with Crippen LogP contribution in [0, 0.1) is 5.92 Å². The third-order valence-electron chi connectivity index (χ3n) is 7.23. The van der Waals surface area contributed by atoms with Crippen molar-refractivity contribution in [3.63, 3.8) is 0 Å². The Morgan fingerprint density at radius 2 is 2.21 bits per heavy atom. The van der Waals surface area contributed by atoms with Crippen LogP contribution in [0.4, 0.5) is 0 Å². The molecule has 1 aromatic rings. The van der Waals surface area contributed by atoms with Crippen molar-refractivity contribution in [1.29, 1.82) is 0 Å². The molecule has 1 aromatic carbocycles. The standard InChI is InChI=1S/C23H29NO5/c1-14(26)28-18-7-5-15-13-17-16-6-8-19(27-12-4-3-11-25)22-23(16,9-10-24(17)2)20(15)21(18)29-22/h5-8,16-17,19,22,25H,3-4,9-13H2,1-2H3/t16-,17+,19-,22-,23-/m0/s1. The van der Waals surface area contributed by atoms with Gasteiger partial charge in [0.15, 0.2) is 11.5 Å². The van der Waals surface area contributed by atoms with Crippen molar-refractivity contribution >= 4 is 5.97 Å². The summed E-state index contributed by atoms with van der Waals surface area (Å²) in [4.78, 5) is 14.1. The number of aliphatic hydroxyl groups excluding tert-OH is 1. The monoisotopic (exact) mass is 399 g/mol. The first-order chi connectivity index (χ1) is 14.1. The molecule has 156 valence electrons. The largest absolute Gasteiger partial charge is 0.482 e. The van der Waals surface area contributed by atoms with Crippen LogP contribution < -0.4 is 9.47 Å². The first-order valence-corrected chi connectivity index (χ1v) is 10.7. The second kappa shape index (κ2) is 7.11. The molecule has 6 nitrogen and oxygen atoms in total. The van der Waals surface area contributed by atoms with E-state index in [1.54, 1.807) is 0 Å². The van der Waals surface area contributed by atoms with Crippen molar-refractivity contribution in [3.8, 4) is 11.5 Å². The van der Waals surface area contributed by atoms with Crippen molar-refractivity contribution in [2.45, 2.75) is 56.3 Å². The van der Waals surface area contributed by atoms with Gasteiger partial charge in [-0.2, -0.15) is 0 Å². The summed E-state index contributed by atoms with van der Waals surface area (Å²) in [6, 6.07) is 4.44. The van der Waals surface area contributed by atoms with E-state index in [1.165, 1.54) is 18.1 Å². The van der Waals surface area contributed by atoms with Crippen LogP contribution >= 0.6 is 0 Å². The second-order valence-corrected chi connectivity index (χ2v) is 8.78. The average Bonchev–Trinajstić information content (AvgIpc) is 3.05. The zero-order valence-electron chi connectivity index (χ0n) is 17.1. The number of rotatable bonds is 6. The number of likely N-dealkylation sites (N-methyl/N-ethyl adjacent to an activating group) is 1. The number of aliphatic hydroxyl groups is 1. The maximum Gasteiger partial charge on any atom is 0.308 e. The van der Waals surface area contributed by atoms with Gasteiger partial charge in [-0.1, -0.05) is 18.2 Å². The van der Waals surface area contributed by atoms with E-state index in [0.717, 1.165) is 38.0 Å². The summed E-state index contributed by atoms with van der Waals surface area (Å²) in [6.45, 7) is 3.22. The molecule has 2 heterocycles. The SMILES string of the molecule is CC(=O)Oc1ccc2c3c1O[C@H]1[C@@H](OCCCCO)C=C[C@H]4[C@@H](C2)N(C)CC[C@@]341. The molecule has 4 aliphatic rings. The molecule has 1 spiro atoms. The van der Waals surface area contributed by atoms with Crippen LogP contribution in [0.5, 0.6) is 11.5 Å². The highest BCUT2D eigenvalue weighted by Crippen LogP contribution is 2.62. The van der Waals surface area contributed by atoms with Crippen molar-refractivity contribution in [2.24, 2.45) is 5.92 Å². The topological polar surface area (TPSA) is 68.2 Å². The highest BCUT2D eigenvalue weighted by Gasteiger charge is 2.64. The van der Waals surface area contributed by atoms with Gasteiger partial charge in [-0.25, -0.2) is 0 Å². The first kappa shape index (κ1) is 19.1. The molecule has 0 saturated carbocycles. The van der Waals surface area contributed by atoms with Crippen LogP contribution in [0.1, 0.15) is 37.3 Å². The molecule has 6 heteroatoms. The lowest BCUT2D eigenvalue weighted by Gasteiger charge is -2.56. The van der Waals surface area contributed by atoms with Crippen LogP contribution in [0.2, 0.25) is 0 Å². The number of nitrogens with zero attached hydrogens (tertiary/aromatic N) is 1. The minimum absolute atomic E-state index is 0.117. The Morgan fingerprint density at radius 3 is 3.00 bits per heavy atom. The predicted octanol–water partition coefficient (Wildman–Crippen LogP) is 2.21. The van der Waals surface area contributed by atoms with Crippen LogP contribution in [0.3, 0.4) is 0 Å². The van der Waals surface area contributed by atoms with Gasteiger partial charge in [-0.3, -0.25) is 4.79 Å². The quantitative estimate of drug-likeness (QED) is 0.342. The lowest BCUT2D eigenvalue weighted by Crippen LogP contribution is -2.65. The number of esters is 1. The number of ether oxygens (including phenoxy) is 3. The van der Waals surface area contributed by atoms with Crippen molar-refractivity contribution < 1.29 is 24.1 Å². The number of hydrogen-bond acceptors (Lipinski definition) is 6. The lowest BCUT2D eigenvalue weighted by atomic mass is 9.53. The molecule has 2 aliphatic heterocycles. The Morgan fingerprint density at radius 1 is 1.34 bits per heavy atom. The highest BCUT2D eigenvalue weighted by molar-refractivity contribution is 5.72. The van der Waals surface area contributed by atoms with Crippen LogP contribution in [-0.4, -0.2) is 61.0 Å². The Labute approximate surface area is 171 Å². The molecule has 1 saturated heterocycles.